The molecule has 0 spiro atoms. The van der Waals surface area contributed by atoms with Crippen molar-refractivity contribution in [3.63, 3.8) is 0 Å². The van der Waals surface area contributed by atoms with Crippen LogP contribution in [0.5, 0.6) is 0 Å². The maximum atomic E-state index is 7.44. The maximum absolute atomic E-state index is 7.44. The highest BCUT2D eigenvalue weighted by Crippen LogP contribution is 2.18. The summed E-state index contributed by atoms with van der Waals surface area (Å²) in [4.78, 5) is 0. The Balaban J connectivity index is 2.49. The molecule has 1 unspecified atom stereocenters. The largest absolute Gasteiger partial charge is 0.304 e. The predicted octanol–water partition coefficient (Wildman–Crippen LogP) is 2.36. The second-order valence-electron chi connectivity index (χ2n) is 2.55. The van der Waals surface area contributed by atoms with Gasteiger partial charge in [-0.3, -0.25) is 0 Å². The van der Waals surface area contributed by atoms with Gasteiger partial charge in [0.05, 0.1) is 0 Å². The zero-order valence-electron chi connectivity index (χ0n) is 5.84. The van der Waals surface area contributed by atoms with Gasteiger partial charge in [-0.2, -0.15) is 0 Å². The number of rotatable bonds is 2. The first kappa shape index (κ1) is 7.61. The van der Waals surface area contributed by atoms with E-state index in [1.54, 1.807) is 0 Å². The van der Waals surface area contributed by atoms with Gasteiger partial charge in [0.1, 0.15) is 0 Å². The molecule has 0 saturated heterocycles. The average molecular weight is 153 g/mol. The van der Waals surface area contributed by atoms with Crippen LogP contribution in [0.1, 0.15) is 19.3 Å². The molecule has 0 aliphatic heterocycles. The summed E-state index contributed by atoms with van der Waals surface area (Å²) < 4.78 is 0. The normalized spacial score (nSPS) is 24.2. The van der Waals surface area contributed by atoms with Crippen molar-refractivity contribution in [2.75, 3.05) is 0 Å². The van der Waals surface area contributed by atoms with E-state index in [1.165, 1.54) is 5.37 Å². The number of thiocarbonyl (C=S) groups is 1. The zero-order valence-corrected chi connectivity index (χ0v) is 6.66. The Morgan fingerprint density at radius 3 is 2.90 bits per heavy atom. The Hall–Kier alpha value is -0.500. The quantitative estimate of drug-likeness (QED) is 0.367. The molecule has 0 amide bonds. The number of nitrogens with one attached hydrogen (secondary N) is 1. The summed E-state index contributed by atoms with van der Waals surface area (Å²) in [6.45, 7) is 0. The van der Waals surface area contributed by atoms with E-state index in [4.69, 9.17) is 5.41 Å². The van der Waals surface area contributed by atoms with Gasteiger partial charge < -0.3 is 5.41 Å². The lowest BCUT2D eigenvalue weighted by molar-refractivity contribution is 0.620. The molecule has 0 radical (unpaired) electrons. The molecule has 0 fully saturated rings. The third-order valence-electron chi connectivity index (χ3n) is 1.84. The monoisotopic (exact) mass is 153 g/mol. The highest BCUT2D eigenvalue weighted by atomic mass is 32.1. The fraction of sp³-hybridized carbons (Fsp3) is 0.500. The molecule has 1 nitrogen and oxygen atoms in total. The number of allylic oxidation sites excluding steroid dienone is 2. The second-order valence-corrected chi connectivity index (χ2v) is 2.79. The summed E-state index contributed by atoms with van der Waals surface area (Å²) in [6, 6.07) is 0. The van der Waals surface area contributed by atoms with Crippen LogP contribution in [0.3, 0.4) is 0 Å². The standard InChI is InChI=1S/C8H11NS/c9-8(6-10)7-4-2-1-3-5-7/h1-2,6-7,9H,3-5H2. The summed E-state index contributed by atoms with van der Waals surface area (Å²) in [5.74, 6) is 0.405. The van der Waals surface area contributed by atoms with Gasteiger partial charge in [-0.1, -0.05) is 24.4 Å². The molecule has 1 N–H and O–H groups in total. The summed E-state index contributed by atoms with van der Waals surface area (Å²) in [5.41, 5.74) is 0.624. The highest BCUT2D eigenvalue weighted by molar-refractivity contribution is 7.80. The third-order valence-corrected chi connectivity index (χ3v) is 2.09. The lowest BCUT2D eigenvalue weighted by Crippen LogP contribution is -2.14. The summed E-state index contributed by atoms with van der Waals surface area (Å²) in [5, 5.41) is 8.93. The summed E-state index contributed by atoms with van der Waals surface area (Å²) >= 11 is 4.68. The molecule has 0 aromatic heterocycles. The maximum Gasteiger partial charge on any atom is 0.0455 e. The molecule has 0 aromatic rings. The Morgan fingerprint density at radius 2 is 2.40 bits per heavy atom. The van der Waals surface area contributed by atoms with E-state index in [0.717, 1.165) is 19.3 Å². The Labute approximate surface area is 66.6 Å². The Bertz CT molecular complexity index is 172. The lowest BCUT2D eigenvalue weighted by Gasteiger charge is -2.15. The van der Waals surface area contributed by atoms with Crippen LogP contribution in [-0.2, 0) is 0 Å². The molecular formula is C8H11NS. The minimum Gasteiger partial charge on any atom is -0.304 e. The van der Waals surface area contributed by atoms with Gasteiger partial charge in [0.15, 0.2) is 0 Å². The average Bonchev–Trinajstić information content (AvgIpc) is 2.05. The summed E-state index contributed by atoms with van der Waals surface area (Å²) in [6.07, 6.45) is 7.53. The van der Waals surface area contributed by atoms with E-state index in [2.05, 4.69) is 24.4 Å². The van der Waals surface area contributed by atoms with E-state index in [1.807, 2.05) is 0 Å². The van der Waals surface area contributed by atoms with Crippen molar-refractivity contribution in [2.45, 2.75) is 19.3 Å². The minimum absolute atomic E-state index is 0.405. The van der Waals surface area contributed by atoms with Crippen LogP contribution in [0.4, 0.5) is 0 Å². The van der Waals surface area contributed by atoms with Crippen molar-refractivity contribution in [1.82, 2.24) is 0 Å². The highest BCUT2D eigenvalue weighted by Gasteiger charge is 2.12. The molecule has 1 aliphatic carbocycles. The van der Waals surface area contributed by atoms with Crippen LogP contribution in [0.15, 0.2) is 12.2 Å². The van der Waals surface area contributed by atoms with Crippen LogP contribution in [0.2, 0.25) is 0 Å². The Morgan fingerprint density at radius 1 is 1.60 bits per heavy atom. The molecule has 0 bridgehead atoms. The van der Waals surface area contributed by atoms with Crippen LogP contribution in [0, 0.1) is 11.3 Å². The van der Waals surface area contributed by atoms with Crippen LogP contribution < -0.4 is 0 Å². The molecule has 54 valence electrons. The van der Waals surface area contributed by atoms with Crippen molar-refractivity contribution in [3.8, 4) is 0 Å². The van der Waals surface area contributed by atoms with Crippen molar-refractivity contribution >= 4 is 23.3 Å². The molecular weight excluding hydrogens is 142 g/mol. The van der Waals surface area contributed by atoms with Gasteiger partial charge >= 0.3 is 0 Å². The van der Waals surface area contributed by atoms with Gasteiger partial charge in [-0.25, -0.2) is 0 Å². The van der Waals surface area contributed by atoms with E-state index in [0.29, 0.717) is 11.6 Å². The van der Waals surface area contributed by atoms with Crippen molar-refractivity contribution in [1.29, 1.82) is 5.41 Å². The third kappa shape index (κ3) is 1.74. The van der Waals surface area contributed by atoms with Crippen molar-refractivity contribution in [3.05, 3.63) is 12.2 Å². The van der Waals surface area contributed by atoms with Crippen LogP contribution in [-0.4, -0.2) is 11.1 Å². The minimum atomic E-state index is 0.405. The molecule has 1 aliphatic rings. The van der Waals surface area contributed by atoms with Gasteiger partial charge in [0.25, 0.3) is 0 Å². The first-order chi connectivity index (χ1) is 4.84. The number of hydrogen-bond donors (Lipinski definition) is 1. The molecule has 1 rings (SSSR count). The molecule has 0 aromatic carbocycles. The van der Waals surface area contributed by atoms with Gasteiger partial charge in [-0.15, -0.1) is 0 Å². The van der Waals surface area contributed by atoms with Crippen molar-refractivity contribution in [2.24, 2.45) is 5.92 Å². The van der Waals surface area contributed by atoms with Gasteiger partial charge in [0.2, 0.25) is 0 Å². The molecule has 0 saturated carbocycles. The smallest absolute Gasteiger partial charge is 0.0455 e. The SMILES string of the molecule is N=C(C=S)C1CC=CCC1. The van der Waals surface area contributed by atoms with Gasteiger partial charge in [0, 0.05) is 17.0 Å². The molecule has 1 atom stereocenters. The second kappa shape index (κ2) is 3.62. The first-order valence-corrected chi connectivity index (χ1v) is 4.00. The van der Waals surface area contributed by atoms with Crippen molar-refractivity contribution < 1.29 is 0 Å². The fourth-order valence-corrected chi connectivity index (χ4v) is 1.36. The van der Waals surface area contributed by atoms with Crippen LogP contribution in [0.25, 0.3) is 0 Å². The lowest BCUT2D eigenvalue weighted by atomic mass is 9.91. The predicted molar refractivity (Wildman–Crippen MR) is 47.9 cm³/mol. The molecule has 10 heavy (non-hydrogen) atoms. The van der Waals surface area contributed by atoms with Gasteiger partial charge in [-0.05, 0) is 19.3 Å². The topological polar surface area (TPSA) is 23.9 Å². The number of hydrogen-bond acceptors (Lipinski definition) is 2. The molecule has 0 heterocycles. The van der Waals surface area contributed by atoms with Crippen LogP contribution >= 0.6 is 12.2 Å². The Kier molecular flexibility index (Phi) is 2.75. The van der Waals surface area contributed by atoms with E-state index in [-0.39, 0.29) is 0 Å². The van der Waals surface area contributed by atoms with E-state index < -0.39 is 0 Å². The fourth-order valence-electron chi connectivity index (χ4n) is 1.17. The zero-order chi connectivity index (χ0) is 7.40. The van der Waals surface area contributed by atoms with E-state index >= 15 is 0 Å². The summed E-state index contributed by atoms with van der Waals surface area (Å²) in [7, 11) is 0. The van der Waals surface area contributed by atoms with E-state index in [9.17, 15) is 0 Å². The molecule has 2 heteroatoms. The first-order valence-electron chi connectivity index (χ1n) is 3.53.